The fourth-order valence-corrected chi connectivity index (χ4v) is 4.06. The average molecular weight is 370 g/mol. The van der Waals surface area contributed by atoms with E-state index in [2.05, 4.69) is 20.0 Å². The van der Waals surface area contributed by atoms with Crippen LogP contribution in [0.3, 0.4) is 0 Å². The van der Waals surface area contributed by atoms with Gasteiger partial charge in [-0.25, -0.2) is 0 Å². The molecule has 136 valence electrons. The van der Waals surface area contributed by atoms with Crippen LogP contribution in [-0.2, 0) is 4.79 Å². The van der Waals surface area contributed by atoms with Crippen LogP contribution in [-0.4, -0.2) is 27.2 Å². The molecule has 2 fully saturated rings. The Labute approximate surface area is 156 Å². The van der Waals surface area contributed by atoms with Gasteiger partial charge in [-0.3, -0.25) is 14.6 Å². The van der Waals surface area contributed by atoms with Crippen LogP contribution in [0.5, 0.6) is 0 Å². The molecule has 2 aliphatic rings. The molecule has 0 bridgehead atoms. The van der Waals surface area contributed by atoms with E-state index in [9.17, 15) is 9.59 Å². The molecule has 26 heavy (non-hydrogen) atoms. The van der Waals surface area contributed by atoms with Crippen molar-refractivity contribution in [3.05, 3.63) is 29.3 Å². The number of rotatable bonds is 5. The van der Waals surface area contributed by atoms with E-state index in [1.54, 1.807) is 6.20 Å². The Morgan fingerprint density at radius 3 is 2.58 bits per heavy atom. The SMILES string of the molecule is O=C(NC1CCCCC1)c1snc(-c2ccccn2)c1NC(=O)C1CC1. The first-order valence-corrected chi connectivity index (χ1v) is 10.0. The number of pyridine rings is 1. The largest absolute Gasteiger partial charge is 0.348 e. The van der Waals surface area contributed by atoms with Crippen molar-refractivity contribution in [1.82, 2.24) is 14.7 Å². The first-order valence-electron chi connectivity index (χ1n) is 9.25. The maximum Gasteiger partial charge on any atom is 0.265 e. The molecule has 7 heteroatoms. The molecule has 4 rings (SSSR count). The van der Waals surface area contributed by atoms with Gasteiger partial charge in [0.2, 0.25) is 5.91 Å². The Balaban J connectivity index is 1.61. The number of hydrogen-bond donors (Lipinski definition) is 2. The zero-order chi connectivity index (χ0) is 17.9. The fraction of sp³-hybridized carbons (Fsp3) is 0.474. The number of aromatic nitrogens is 2. The van der Waals surface area contributed by atoms with Crippen LogP contribution in [0.15, 0.2) is 24.4 Å². The van der Waals surface area contributed by atoms with Crippen LogP contribution in [0.1, 0.15) is 54.6 Å². The summed E-state index contributed by atoms with van der Waals surface area (Å²) in [4.78, 5) is 30.0. The minimum atomic E-state index is -0.150. The Kier molecular flexibility index (Phi) is 4.97. The number of nitrogens with one attached hydrogen (secondary N) is 2. The number of nitrogens with zero attached hydrogens (tertiary/aromatic N) is 2. The summed E-state index contributed by atoms with van der Waals surface area (Å²) >= 11 is 1.13. The van der Waals surface area contributed by atoms with Crippen molar-refractivity contribution in [3.8, 4) is 11.4 Å². The maximum atomic E-state index is 12.8. The first kappa shape index (κ1) is 17.1. The van der Waals surface area contributed by atoms with Crippen LogP contribution < -0.4 is 10.6 Å². The highest BCUT2D eigenvalue weighted by Gasteiger charge is 2.32. The van der Waals surface area contributed by atoms with Crippen LogP contribution in [0.25, 0.3) is 11.4 Å². The summed E-state index contributed by atoms with van der Waals surface area (Å²) in [6.45, 7) is 0. The summed E-state index contributed by atoms with van der Waals surface area (Å²) < 4.78 is 4.44. The van der Waals surface area contributed by atoms with Crippen molar-refractivity contribution < 1.29 is 9.59 Å². The second-order valence-corrected chi connectivity index (χ2v) is 7.80. The lowest BCUT2D eigenvalue weighted by Crippen LogP contribution is -2.36. The van der Waals surface area contributed by atoms with Crippen molar-refractivity contribution >= 4 is 29.0 Å². The fourth-order valence-electron chi connectivity index (χ4n) is 3.31. The van der Waals surface area contributed by atoms with Gasteiger partial charge >= 0.3 is 0 Å². The third-order valence-corrected chi connectivity index (χ3v) is 5.79. The molecular weight excluding hydrogens is 348 g/mol. The van der Waals surface area contributed by atoms with Crippen LogP contribution >= 0.6 is 11.5 Å². The molecule has 0 spiro atoms. The molecule has 2 saturated carbocycles. The first-order chi connectivity index (χ1) is 12.7. The number of carbonyl (C=O) groups excluding carboxylic acids is 2. The number of amides is 2. The van der Waals surface area contributed by atoms with Crippen LogP contribution in [0, 0.1) is 5.92 Å². The maximum absolute atomic E-state index is 12.8. The van der Waals surface area contributed by atoms with Gasteiger partial charge < -0.3 is 10.6 Å². The van der Waals surface area contributed by atoms with Gasteiger partial charge in [-0.1, -0.05) is 25.3 Å². The van der Waals surface area contributed by atoms with Gasteiger partial charge in [0.25, 0.3) is 5.91 Å². The molecule has 0 radical (unpaired) electrons. The number of hydrogen-bond acceptors (Lipinski definition) is 5. The van der Waals surface area contributed by atoms with Gasteiger partial charge in [0.15, 0.2) is 0 Å². The second-order valence-electron chi connectivity index (χ2n) is 7.02. The molecule has 0 unspecified atom stereocenters. The Morgan fingerprint density at radius 1 is 1.08 bits per heavy atom. The molecule has 0 aromatic carbocycles. The van der Waals surface area contributed by atoms with Crippen LogP contribution in [0.4, 0.5) is 5.69 Å². The predicted octanol–water partition coefficient (Wildman–Crippen LogP) is 3.62. The minimum absolute atomic E-state index is 0.0332. The summed E-state index contributed by atoms with van der Waals surface area (Å²) in [5, 5.41) is 6.06. The van der Waals surface area contributed by atoms with E-state index in [1.807, 2.05) is 18.2 Å². The van der Waals surface area contributed by atoms with E-state index in [1.165, 1.54) is 6.42 Å². The molecular formula is C19H22N4O2S. The van der Waals surface area contributed by atoms with Crippen molar-refractivity contribution in [3.63, 3.8) is 0 Å². The highest BCUT2D eigenvalue weighted by Crippen LogP contribution is 2.36. The zero-order valence-corrected chi connectivity index (χ0v) is 15.3. The normalized spacial score (nSPS) is 17.7. The summed E-state index contributed by atoms with van der Waals surface area (Å²) in [7, 11) is 0. The zero-order valence-electron chi connectivity index (χ0n) is 14.5. The van der Waals surface area contributed by atoms with Crippen molar-refractivity contribution in [2.24, 2.45) is 5.92 Å². The molecule has 2 heterocycles. The van der Waals surface area contributed by atoms with Crippen molar-refractivity contribution in [2.75, 3.05) is 5.32 Å². The lowest BCUT2D eigenvalue weighted by atomic mass is 9.95. The number of carbonyl (C=O) groups is 2. The van der Waals surface area contributed by atoms with Gasteiger partial charge in [0.1, 0.15) is 10.6 Å². The summed E-state index contributed by atoms with van der Waals surface area (Å²) in [5.41, 5.74) is 1.73. The van der Waals surface area contributed by atoms with Gasteiger partial charge in [-0.15, -0.1) is 0 Å². The minimum Gasteiger partial charge on any atom is -0.348 e. The van der Waals surface area contributed by atoms with Gasteiger partial charge in [-0.05, 0) is 49.3 Å². The molecule has 2 amide bonds. The summed E-state index contributed by atoms with van der Waals surface area (Å²) in [6.07, 6.45) is 9.07. The molecule has 2 N–H and O–H groups in total. The Hall–Kier alpha value is -2.28. The molecule has 2 aromatic heterocycles. The molecule has 0 aliphatic heterocycles. The molecule has 0 saturated heterocycles. The number of anilines is 1. The monoisotopic (exact) mass is 370 g/mol. The van der Waals surface area contributed by atoms with E-state index in [4.69, 9.17) is 0 Å². The Morgan fingerprint density at radius 2 is 1.88 bits per heavy atom. The third kappa shape index (κ3) is 3.77. The molecule has 2 aliphatic carbocycles. The van der Waals surface area contributed by atoms with Crippen LogP contribution in [0.2, 0.25) is 0 Å². The van der Waals surface area contributed by atoms with Gasteiger partial charge in [0.05, 0.1) is 11.4 Å². The van der Waals surface area contributed by atoms with Gasteiger partial charge in [0, 0.05) is 18.2 Å². The van der Waals surface area contributed by atoms with Crippen molar-refractivity contribution in [2.45, 2.75) is 51.0 Å². The molecule has 2 aromatic rings. The quantitative estimate of drug-likeness (QED) is 0.842. The highest BCUT2D eigenvalue weighted by molar-refractivity contribution is 7.09. The van der Waals surface area contributed by atoms with E-state index in [0.29, 0.717) is 22.0 Å². The second kappa shape index (κ2) is 7.53. The summed E-state index contributed by atoms with van der Waals surface area (Å²) in [5.74, 6) is -0.127. The third-order valence-electron chi connectivity index (χ3n) is 4.94. The van der Waals surface area contributed by atoms with Crippen molar-refractivity contribution in [1.29, 1.82) is 0 Å². The highest BCUT2D eigenvalue weighted by atomic mass is 32.1. The summed E-state index contributed by atoms with van der Waals surface area (Å²) in [6, 6.07) is 5.75. The van der Waals surface area contributed by atoms with E-state index in [0.717, 1.165) is 50.1 Å². The van der Waals surface area contributed by atoms with Gasteiger partial charge in [-0.2, -0.15) is 4.37 Å². The Bertz CT molecular complexity index is 795. The van der Waals surface area contributed by atoms with E-state index >= 15 is 0 Å². The predicted molar refractivity (Wildman–Crippen MR) is 101 cm³/mol. The molecule has 6 nitrogen and oxygen atoms in total. The average Bonchev–Trinajstić information content (AvgIpc) is 3.44. The van der Waals surface area contributed by atoms with E-state index in [-0.39, 0.29) is 23.8 Å². The standard InChI is InChI=1S/C19H22N4O2S/c24-18(12-9-10-12)22-16-15(14-8-4-5-11-20-14)23-26-17(16)19(25)21-13-6-2-1-3-7-13/h4-5,8,11-13H,1-3,6-7,9-10H2,(H,21,25)(H,22,24). The van der Waals surface area contributed by atoms with E-state index < -0.39 is 0 Å². The lowest BCUT2D eigenvalue weighted by Gasteiger charge is -2.22. The topological polar surface area (TPSA) is 84.0 Å². The lowest BCUT2D eigenvalue weighted by molar-refractivity contribution is -0.117. The smallest absolute Gasteiger partial charge is 0.265 e. The molecule has 0 atom stereocenters.